The molecule has 2 fully saturated rings. The second-order valence-electron chi connectivity index (χ2n) is 7.14. The number of piperidine rings is 2. The molecule has 0 aromatic carbocycles. The van der Waals surface area contributed by atoms with E-state index in [1.54, 1.807) is 0 Å². The van der Waals surface area contributed by atoms with Gasteiger partial charge in [0.25, 0.3) is 0 Å². The lowest BCUT2D eigenvalue weighted by Crippen LogP contribution is -2.40. The minimum atomic E-state index is 0.242. The number of rotatable bonds is 6. The summed E-state index contributed by atoms with van der Waals surface area (Å²) in [5.41, 5.74) is 0. The number of nitrogens with one attached hydrogen (secondary N) is 2. The summed E-state index contributed by atoms with van der Waals surface area (Å²) in [5, 5.41) is 6.51. The Kier molecular flexibility index (Phi) is 6.97. The number of hydrogen-bond acceptors (Lipinski definition) is 3. The SMILES string of the molecule is CC1CCN(CCNC(=O)CC(C)C2CCNCC2)CC1. The van der Waals surface area contributed by atoms with Crippen LogP contribution in [0.2, 0.25) is 0 Å². The number of hydrogen-bond donors (Lipinski definition) is 2. The predicted molar refractivity (Wildman–Crippen MR) is 87.2 cm³/mol. The molecular formula is C17H33N3O. The molecule has 1 unspecified atom stereocenters. The molecule has 122 valence electrons. The molecule has 4 nitrogen and oxygen atoms in total. The van der Waals surface area contributed by atoms with Gasteiger partial charge in [-0.2, -0.15) is 0 Å². The average Bonchev–Trinajstić information content (AvgIpc) is 2.50. The lowest BCUT2D eigenvalue weighted by molar-refractivity contribution is -0.122. The first kappa shape index (κ1) is 16.8. The van der Waals surface area contributed by atoms with Gasteiger partial charge in [-0.15, -0.1) is 0 Å². The number of carbonyl (C=O) groups is 1. The number of amides is 1. The minimum Gasteiger partial charge on any atom is -0.355 e. The first-order valence-corrected chi connectivity index (χ1v) is 8.85. The van der Waals surface area contributed by atoms with Crippen LogP contribution < -0.4 is 10.6 Å². The summed E-state index contributed by atoms with van der Waals surface area (Å²) in [6.07, 6.45) is 5.75. The molecule has 2 rings (SSSR count). The van der Waals surface area contributed by atoms with Crippen molar-refractivity contribution in [3.8, 4) is 0 Å². The van der Waals surface area contributed by atoms with E-state index < -0.39 is 0 Å². The van der Waals surface area contributed by atoms with E-state index in [0.29, 0.717) is 12.3 Å². The highest BCUT2D eigenvalue weighted by atomic mass is 16.1. The van der Waals surface area contributed by atoms with Gasteiger partial charge in [0.2, 0.25) is 5.91 Å². The third kappa shape index (κ3) is 5.95. The van der Waals surface area contributed by atoms with E-state index in [0.717, 1.165) is 38.0 Å². The molecule has 2 N–H and O–H groups in total. The van der Waals surface area contributed by atoms with Crippen LogP contribution in [-0.4, -0.2) is 50.1 Å². The first-order chi connectivity index (χ1) is 10.1. The molecule has 2 heterocycles. The zero-order chi connectivity index (χ0) is 15.1. The van der Waals surface area contributed by atoms with Crippen molar-refractivity contribution in [3.05, 3.63) is 0 Å². The van der Waals surface area contributed by atoms with Crippen molar-refractivity contribution in [2.45, 2.75) is 46.0 Å². The van der Waals surface area contributed by atoms with Crippen LogP contribution in [0.5, 0.6) is 0 Å². The highest BCUT2D eigenvalue weighted by molar-refractivity contribution is 5.76. The van der Waals surface area contributed by atoms with Crippen LogP contribution in [0.1, 0.15) is 46.0 Å². The summed E-state index contributed by atoms with van der Waals surface area (Å²) in [7, 11) is 0. The van der Waals surface area contributed by atoms with Gasteiger partial charge in [0, 0.05) is 19.5 Å². The number of nitrogens with zero attached hydrogens (tertiary/aromatic N) is 1. The standard InChI is InChI=1S/C17H33N3O/c1-14-5-10-20(11-6-14)12-9-19-17(21)13-15(2)16-3-7-18-8-4-16/h14-16,18H,3-13H2,1-2H3,(H,19,21). The Morgan fingerprint density at radius 1 is 1.24 bits per heavy atom. The topological polar surface area (TPSA) is 44.4 Å². The van der Waals surface area contributed by atoms with E-state index in [1.165, 1.54) is 38.8 Å². The molecule has 0 aliphatic carbocycles. The van der Waals surface area contributed by atoms with Gasteiger partial charge in [0.1, 0.15) is 0 Å². The molecule has 21 heavy (non-hydrogen) atoms. The van der Waals surface area contributed by atoms with Crippen molar-refractivity contribution >= 4 is 5.91 Å². The van der Waals surface area contributed by atoms with E-state index in [9.17, 15) is 4.79 Å². The zero-order valence-corrected chi connectivity index (χ0v) is 13.9. The van der Waals surface area contributed by atoms with E-state index in [-0.39, 0.29) is 5.91 Å². The third-order valence-corrected chi connectivity index (χ3v) is 5.32. The van der Waals surface area contributed by atoms with Crippen LogP contribution in [0, 0.1) is 17.8 Å². The summed E-state index contributed by atoms with van der Waals surface area (Å²) in [6.45, 7) is 11.0. The summed E-state index contributed by atoms with van der Waals surface area (Å²) in [6, 6.07) is 0. The monoisotopic (exact) mass is 295 g/mol. The molecule has 2 saturated heterocycles. The Morgan fingerprint density at radius 3 is 2.57 bits per heavy atom. The molecule has 0 aromatic rings. The van der Waals surface area contributed by atoms with E-state index in [2.05, 4.69) is 29.4 Å². The van der Waals surface area contributed by atoms with Gasteiger partial charge in [-0.05, 0) is 69.6 Å². The average molecular weight is 295 g/mol. The van der Waals surface area contributed by atoms with Crippen LogP contribution in [0.25, 0.3) is 0 Å². The molecular weight excluding hydrogens is 262 g/mol. The Hall–Kier alpha value is -0.610. The van der Waals surface area contributed by atoms with Gasteiger partial charge in [-0.1, -0.05) is 13.8 Å². The molecule has 0 radical (unpaired) electrons. The summed E-state index contributed by atoms with van der Waals surface area (Å²) >= 11 is 0. The van der Waals surface area contributed by atoms with Gasteiger partial charge < -0.3 is 15.5 Å². The fourth-order valence-corrected chi connectivity index (χ4v) is 3.58. The van der Waals surface area contributed by atoms with Gasteiger partial charge >= 0.3 is 0 Å². The summed E-state index contributed by atoms with van der Waals surface area (Å²) < 4.78 is 0. The fourth-order valence-electron chi connectivity index (χ4n) is 3.58. The van der Waals surface area contributed by atoms with E-state index in [4.69, 9.17) is 0 Å². The largest absolute Gasteiger partial charge is 0.355 e. The maximum Gasteiger partial charge on any atom is 0.220 e. The van der Waals surface area contributed by atoms with Crippen molar-refractivity contribution in [3.63, 3.8) is 0 Å². The lowest BCUT2D eigenvalue weighted by Gasteiger charge is -2.30. The second-order valence-corrected chi connectivity index (χ2v) is 7.14. The van der Waals surface area contributed by atoms with Gasteiger partial charge in [-0.3, -0.25) is 4.79 Å². The van der Waals surface area contributed by atoms with E-state index >= 15 is 0 Å². The molecule has 0 spiro atoms. The minimum absolute atomic E-state index is 0.242. The van der Waals surface area contributed by atoms with Crippen LogP contribution in [0.4, 0.5) is 0 Å². The molecule has 0 aromatic heterocycles. The van der Waals surface area contributed by atoms with Crippen LogP contribution in [0.3, 0.4) is 0 Å². The highest BCUT2D eigenvalue weighted by Crippen LogP contribution is 2.24. The second kappa shape index (κ2) is 8.74. The summed E-state index contributed by atoms with van der Waals surface area (Å²) in [4.78, 5) is 14.5. The van der Waals surface area contributed by atoms with Crippen molar-refractivity contribution in [2.75, 3.05) is 39.3 Å². The van der Waals surface area contributed by atoms with Crippen molar-refractivity contribution < 1.29 is 4.79 Å². The Balaban J connectivity index is 1.56. The first-order valence-electron chi connectivity index (χ1n) is 8.85. The predicted octanol–water partition coefficient (Wildman–Crippen LogP) is 1.86. The maximum atomic E-state index is 12.0. The Bertz CT molecular complexity index is 307. The van der Waals surface area contributed by atoms with Crippen molar-refractivity contribution in [2.24, 2.45) is 17.8 Å². The molecule has 4 heteroatoms. The zero-order valence-electron chi connectivity index (χ0n) is 13.9. The van der Waals surface area contributed by atoms with Crippen LogP contribution >= 0.6 is 0 Å². The number of carbonyl (C=O) groups excluding carboxylic acids is 1. The quantitative estimate of drug-likeness (QED) is 0.786. The number of likely N-dealkylation sites (tertiary alicyclic amines) is 1. The molecule has 1 atom stereocenters. The maximum absolute atomic E-state index is 12.0. The van der Waals surface area contributed by atoms with E-state index in [1.807, 2.05) is 0 Å². The summed E-state index contributed by atoms with van der Waals surface area (Å²) in [5.74, 6) is 2.36. The molecule has 1 amide bonds. The van der Waals surface area contributed by atoms with Crippen LogP contribution in [0.15, 0.2) is 0 Å². The molecule has 0 bridgehead atoms. The third-order valence-electron chi connectivity index (χ3n) is 5.32. The van der Waals surface area contributed by atoms with Gasteiger partial charge in [0.05, 0.1) is 0 Å². The molecule has 2 aliphatic heterocycles. The van der Waals surface area contributed by atoms with Gasteiger partial charge in [0.15, 0.2) is 0 Å². The Morgan fingerprint density at radius 2 is 1.90 bits per heavy atom. The highest BCUT2D eigenvalue weighted by Gasteiger charge is 2.22. The van der Waals surface area contributed by atoms with Crippen molar-refractivity contribution in [1.29, 1.82) is 0 Å². The van der Waals surface area contributed by atoms with Gasteiger partial charge in [-0.25, -0.2) is 0 Å². The molecule has 0 saturated carbocycles. The smallest absolute Gasteiger partial charge is 0.220 e. The fraction of sp³-hybridized carbons (Fsp3) is 0.941. The lowest BCUT2D eigenvalue weighted by atomic mass is 9.84. The van der Waals surface area contributed by atoms with Crippen molar-refractivity contribution in [1.82, 2.24) is 15.5 Å². The van der Waals surface area contributed by atoms with Crippen LogP contribution in [-0.2, 0) is 4.79 Å². The molecule has 2 aliphatic rings. The Labute approximate surface area is 130 Å². The normalized spacial score (nSPS) is 23.9.